The Kier molecular flexibility index (Phi) is 3.86. The van der Waals surface area contributed by atoms with E-state index in [0.717, 1.165) is 35.7 Å². The zero-order chi connectivity index (χ0) is 10.6. The molecule has 0 aromatic carbocycles. The molecule has 0 aliphatic heterocycles. The number of hydrogen-bond acceptors (Lipinski definition) is 3. The summed E-state index contributed by atoms with van der Waals surface area (Å²) in [6, 6.07) is 0. The van der Waals surface area contributed by atoms with E-state index in [1.54, 1.807) is 0 Å². The van der Waals surface area contributed by atoms with Gasteiger partial charge in [0.1, 0.15) is 11.6 Å². The van der Waals surface area contributed by atoms with Crippen molar-refractivity contribution in [2.45, 2.75) is 40.0 Å². The summed E-state index contributed by atoms with van der Waals surface area (Å²) in [4.78, 5) is 8.93. The van der Waals surface area contributed by atoms with E-state index >= 15 is 0 Å². The molecule has 78 valence electrons. The number of nitrogens with zero attached hydrogens (tertiary/aromatic N) is 2. The number of aromatic nitrogens is 2. The second-order valence-corrected chi connectivity index (χ2v) is 3.55. The summed E-state index contributed by atoms with van der Waals surface area (Å²) in [7, 11) is 1.90. The van der Waals surface area contributed by atoms with Crippen LogP contribution in [0.15, 0.2) is 0 Å². The summed E-state index contributed by atoms with van der Waals surface area (Å²) >= 11 is 0. The first kappa shape index (κ1) is 11.0. The highest BCUT2D eigenvalue weighted by Gasteiger charge is 2.05. The van der Waals surface area contributed by atoms with Crippen LogP contribution >= 0.6 is 0 Å². The van der Waals surface area contributed by atoms with Crippen molar-refractivity contribution in [3.05, 3.63) is 17.1 Å². The molecule has 0 saturated carbocycles. The van der Waals surface area contributed by atoms with Gasteiger partial charge in [0.2, 0.25) is 0 Å². The van der Waals surface area contributed by atoms with Crippen LogP contribution in [0, 0.1) is 13.8 Å². The van der Waals surface area contributed by atoms with Gasteiger partial charge in [0.25, 0.3) is 0 Å². The Labute approximate surface area is 86.0 Å². The largest absolute Gasteiger partial charge is 0.373 e. The number of unbranched alkanes of at least 4 members (excludes halogenated alkanes) is 1. The molecule has 0 bridgehead atoms. The van der Waals surface area contributed by atoms with Crippen LogP contribution in [0.1, 0.15) is 36.8 Å². The fourth-order valence-corrected chi connectivity index (χ4v) is 1.38. The first-order valence-electron chi connectivity index (χ1n) is 5.21. The Bertz CT molecular complexity index is 308. The minimum Gasteiger partial charge on any atom is -0.373 e. The van der Waals surface area contributed by atoms with E-state index < -0.39 is 0 Å². The van der Waals surface area contributed by atoms with E-state index in [2.05, 4.69) is 22.2 Å². The van der Waals surface area contributed by atoms with Crippen LogP contribution in [0.25, 0.3) is 0 Å². The van der Waals surface area contributed by atoms with Gasteiger partial charge in [0.15, 0.2) is 0 Å². The lowest BCUT2D eigenvalue weighted by Crippen LogP contribution is -2.05. The zero-order valence-corrected chi connectivity index (χ0v) is 9.52. The number of nitrogens with one attached hydrogen (secondary N) is 1. The minimum absolute atomic E-state index is 0.958. The van der Waals surface area contributed by atoms with Crippen LogP contribution < -0.4 is 5.32 Å². The number of rotatable bonds is 4. The molecule has 0 unspecified atom stereocenters. The lowest BCUT2D eigenvalue weighted by Gasteiger charge is -2.09. The monoisotopic (exact) mass is 193 g/mol. The van der Waals surface area contributed by atoms with Gasteiger partial charge in [-0.2, -0.15) is 0 Å². The average molecular weight is 193 g/mol. The van der Waals surface area contributed by atoms with E-state index in [4.69, 9.17) is 0 Å². The molecule has 0 saturated heterocycles. The van der Waals surface area contributed by atoms with Gasteiger partial charge >= 0.3 is 0 Å². The fraction of sp³-hybridized carbons (Fsp3) is 0.636. The molecule has 0 aliphatic carbocycles. The van der Waals surface area contributed by atoms with Crippen molar-refractivity contribution in [3.63, 3.8) is 0 Å². The van der Waals surface area contributed by atoms with Gasteiger partial charge in [0.05, 0.1) is 0 Å². The standard InChI is InChI=1S/C11H19N3/c1-5-6-7-10-13-9(3)8(2)11(12-4)14-10/h5-7H2,1-4H3,(H,12,13,14). The average Bonchev–Trinajstić information content (AvgIpc) is 2.19. The van der Waals surface area contributed by atoms with Gasteiger partial charge in [-0.05, 0) is 20.3 Å². The number of aryl methyl sites for hydroxylation is 2. The smallest absolute Gasteiger partial charge is 0.132 e. The molecule has 0 radical (unpaired) electrons. The molecular weight excluding hydrogens is 174 g/mol. The fourth-order valence-electron chi connectivity index (χ4n) is 1.38. The van der Waals surface area contributed by atoms with Crippen molar-refractivity contribution < 1.29 is 0 Å². The van der Waals surface area contributed by atoms with Crippen LogP contribution in [0.4, 0.5) is 5.82 Å². The maximum Gasteiger partial charge on any atom is 0.132 e. The van der Waals surface area contributed by atoms with Crippen LogP contribution in [0.3, 0.4) is 0 Å². The van der Waals surface area contributed by atoms with Gasteiger partial charge in [-0.25, -0.2) is 9.97 Å². The molecule has 3 heteroatoms. The summed E-state index contributed by atoms with van der Waals surface area (Å²) in [5, 5.41) is 3.10. The molecule has 3 nitrogen and oxygen atoms in total. The van der Waals surface area contributed by atoms with Crippen LogP contribution in [-0.4, -0.2) is 17.0 Å². The van der Waals surface area contributed by atoms with Crippen LogP contribution in [0.2, 0.25) is 0 Å². The molecule has 0 amide bonds. The highest BCUT2D eigenvalue weighted by atomic mass is 15.0. The third-order valence-corrected chi connectivity index (χ3v) is 2.43. The van der Waals surface area contributed by atoms with E-state index in [-0.39, 0.29) is 0 Å². The SMILES string of the molecule is CCCCc1nc(C)c(C)c(NC)n1. The second-order valence-electron chi connectivity index (χ2n) is 3.55. The van der Waals surface area contributed by atoms with Crippen molar-refractivity contribution in [2.24, 2.45) is 0 Å². The van der Waals surface area contributed by atoms with Gasteiger partial charge < -0.3 is 5.32 Å². The molecule has 0 atom stereocenters. The lowest BCUT2D eigenvalue weighted by molar-refractivity contribution is 0.747. The second kappa shape index (κ2) is 4.94. The van der Waals surface area contributed by atoms with Crippen molar-refractivity contribution in [1.82, 2.24) is 9.97 Å². The summed E-state index contributed by atoms with van der Waals surface area (Å²) in [5.74, 6) is 1.92. The Morgan fingerprint density at radius 3 is 2.50 bits per heavy atom. The Morgan fingerprint density at radius 1 is 1.21 bits per heavy atom. The highest BCUT2D eigenvalue weighted by molar-refractivity contribution is 5.44. The first-order chi connectivity index (χ1) is 6.69. The number of anilines is 1. The van der Waals surface area contributed by atoms with E-state index in [1.165, 1.54) is 6.42 Å². The third kappa shape index (κ3) is 2.44. The summed E-state index contributed by atoms with van der Waals surface area (Å²) in [6.07, 6.45) is 3.32. The molecule has 1 rings (SSSR count). The highest BCUT2D eigenvalue weighted by Crippen LogP contribution is 2.14. The van der Waals surface area contributed by atoms with E-state index in [0.29, 0.717) is 0 Å². The van der Waals surface area contributed by atoms with E-state index in [1.807, 2.05) is 20.9 Å². The van der Waals surface area contributed by atoms with Crippen LogP contribution in [-0.2, 0) is 6.42 Å². The topological polar surface area (TPSA) is 37.8 Å². The van der Waals surface area contributed by atoms with Gasteiger partial charge in [-0.3, -0.25) is 0 Å². The van der Waals surface area contributed by atoms with Crippen molar-refractivity contribution in [3.8, 4) is 0 Å². The normalized spacial score (nSPS) is 10.3. The maximum atomic E-state index is 4.47. The Morgan fingerprint density at radius 2 is 1.93 bits per heavy atom. The molecule has 1 aromatic rings. The quantitative estimate of drug-likeness (QED) is 0.798. The predicted octanol–water partition coefficient (Wildman–Crippen LogP) is 2.48. The molecule has 0 fully saturated rings. The van der Waals surface area contributed by atoms with Crippen molar-refractivity contribution in [2.75, 3.05) is 12.4 Å². The van der Waals surface area contributed by atoms with Crippen molar-refractivity contribution >= 4 is 5.82 Å². The van der Waals surface area contributed by atoms with E-state index in [9.17, 15) is 0 Å². The molecule has 1 aromatic heterocycles. The summed E-state index contributed by atoms with van der Waals surface area (Å²) in [6.45, 7) is 6.26. The van der Waals surface area contributed by atoms with Gasteiger partial charge in [-0.15, -0.1) is 0 Å². The third-order valence-electron chi connectivity index (χ3n) is 2.43. The summed E-state index contributed by atoms with van der Waals surface area (Å²) < 4.78 is 0. The van der Waals surface area contributed by atoms with Crippen LogP contribution in [0.5, 0.6) is 0 Å². The molecule has 0 aliphatic rings. The molecule has 0 spiro atoms. The minimum atomic E-state index is 0.958. The van der Waals surface area contributed by atoms with Crippen molar-refractivity contribution in [1.29, 1.82) is 0 Å². The lowest BCUT2D eigenvalue weighted by atomic mass is 10.2. The molecule has 14 heavy (non-hydrogen) atoms. The predicted molar refractivity (Wildman–Crippen MR) is 59.7 cm³/mol. The molecule has 1 N–H and O–H groups in total. The maximum absolute atomic E-state index is 4.47. The zero-order valence-electron chi connectivity index (χ0n) is 9.52. The summed E-state index contributed by atoms with van der Waals surface area (Å²) in [5.41, 5.74) is 2.23. The first-order valence-corrected chi connectivity index (χ1v) is 5.21. The Balaban J connectivity index is 2.91. The number of hydrogen-bond donors (Lipinski definition) is 1. The molecular formula is C11H19N3. The molecule has 1 heterocycles. The Hall–Kier alpha value is -1.12. The van der Waals surface area contributed by atoms with Gasteiger partial charge in [-0.1, -0.05) is 13.3 Å². The van der Waals surface area contributed by atoms with Gasteiger partial charge in [0, 0.05) is 24.7 Å².